The van der Waals surface area contributed by atoms with E-state index in [9.17, 15) is 13.2 Å². The first-order valence-corrected chi connectivity index (χ1v) is 10.7. The Labute approximate surface area is 171 Å². The highest BCUT2D eigenvalue weighted by Gasteiger charge is 2.17. The highest BCUT2D eigenvalue weighted by Crippen LogP contribution is 2.23. The molecule has 0 fully saturated rings. The molecule has 3 aromatic rings. The fourth-order valence-corrected chi connectivity index (χ4v) is 4.38. The van der Waals surface area contributed by atoms with Crippen LogP contribution in [0.15, 0.2) is 65.6 Å². The van der Waals surface area contributed by atoms with Crippen molar-refractivity contribution >= 4 is 27.3 Å². The number of anilines is 2. The molecule has 0 bridgehead atoms. The van der Waals surface area contributed by atoms with Gasteiger partial charge in [0.2, 0.25) is 0 Å². The first kappa shape index (κ1) is 20.6. The van der Waals surface area contributed by atoms with E-state index in [0.29, 0.717) is 5.69 Å². The number of aryl methyl sites for hydroxylation is 4. The molecule has 0 atom stereocenters. The summed E-state index contributed by atoms with van der Waals surface area (Å²) in [6, 6.07) is 17.1. The molecular weight excluding hydrogens is 384 g/mol. The molecule has 0 radical (unpaired) electrons. The van der Waals surface area contributed by atoms with Crippen LogP contribution in [0.4, 0.5) is 11.4 Å². The van der Waals surface area contributed by atoms with Gasteiger partial charge in [0.1, 0.15) is 0 Å². The Hall–Kier alpha value is -3.12. The predicted octanol–water partition coefficient (Wildman–Crippen LogP) is 4.97. The smallest absolute Gasteiger partial charge is 0.261 e. The third-order valence-electron chi connectivity index (χ3n) is 4.59. The van der Waals surface area contributed by atoms with Crippen LogP contribution in [0, 0.1) is 27.7 Å². The normalized spacial score (nSPS) is 11.2. The van der Waals surface area contributed by atoms with Gasteiger partial charge in [-0.2, -0.15) is 0 Å². The van der Waals surface area contributed by atoms with Crippen LogP contribution in [0.25, 0.3) is 0 Å². The second kappa shape index (κ2) is 8.09. The fraction of sp³-hybridized carbons (Fsp3) is 0.174. The van der Waals surface area contributed by atoms with Gasteiger partial charge in [-0.05, 0) is 74.7 Å². The minimum atomic E-state index is -3.81. The van der Waals surface area contributed by atoms with Crippen molar-refractivity contribution < 1.29 is 13.2 Å². The van der Waals surface area contributed by atoms with E-state index in [2.05, 4.69) is 10.0 Å². The second-order valence-corrected chi connectivity index (χ2v) is 8.91. The van der Waals surface area contributed by atoms with Gasteiger partial charge in [0.05, 0.1) is 4.90 Å². The third kappa shape index (κ3) is 4.84. The number of nitrogens with one attached hydrogen (secondary N) is 2. The molecule has 3 rings (SSSR count). The molecule has 0 unspecified atom stereocenters. The molecule has 0 aliphatic rings. The summed E-state index contributed by atoms with van der Waals surface area (Å²) in [7, 11) is -3.81. The van der Waals surface area contributed by atoms with Crippen LogP contribution >= 0.6 is 0 Å². The highest BCUT2D eigenvalue weighted by molar-refractivity contribution is 7.92. The summed E-state index contributed by atoms with van der Waals surface area (Å²) in [5.74, 6) is -0.354. The summed E-state index contributed by atoms with van der Waals surface area (Å²) in [5, 5.41) is 2.90. The maximum atomic E-state index is 12.8. The van der Waals surface area contributed by atoms with Gasteiger partial charge in [-0.25, -0.2) is 8.42 Å². The molecule has 0 aromatic heterocycles. The molecule has 29 heavy (non-hydrogen) atoms. The van der Waals surface area contributed by atoms with Crippen LogP contribution in [0.5, 0.6) is 0 Å². The first-order chi connectivity index (χ1) is 13.7. The lowest BCUT2D eigenvalue weighted by molar-refractivity contribution is 0.102. The number of carbonyl (C=O) groups is 1. The number of rotatable bonds is 5. The van der Waals surface area contributed by atoms with E-state index >= 15 is 0 Å². The highest BCUT2D eigenvalue weighted by atomic mass is 32.2. The molecule has 5 nitrogen and oxygen atoms in total. The number of amides is 1. The average molecular weight is 409 g/mol. The molecule has 0 aliphatic carbocycles. The summed E-state index contributed by atoms with van der Waals surface area (Å²) < 4.78 is 28.1. The lowest BCUT2D eigenvalue weighted by Gasteiger charge is -2.14. The molecule has 2 N–H and O–H groups in total. The molecule has 0 heterocycles. The maximum absolute atomic E-state index is 12.8. The Kier molecular flexibility index (Phi) is 5.75. The maximum Gasteiger partial charge on any atom is 0.261 e. The molecular formula is C23H24N2O3S. The summed E-state index contributed by atoms with van der Waals surface area (Å²) in [6.45, 7) is 7.75. The van der Waals surface area contributed by atoms with Crippen LogP contribution in [0.1, 0.15) is 32.6 Å². The summed E-state index contributed by atoms with van der Waals surface area (Å²) in [5.41, 5.74) is 5.48. The largest absolute Gasteiger partial charge is 0.322 e. The molecule has 0 aliphatic heterocycles. The first-order valence-electron chi connectivity index (χ1n) is 9.24. The van der Waals surface area contributed by atoms with Crippen LogP contribution < -0.4 is 10.0 Å². The van der Waals surface area contributed by atoms with Crippen LogP contribution in [0.3, 0.4) is 0 Å². The molecule has 1 amide bonds. The Balaban J connectivity index is 1.86. The predicted molar refractivity (Wildman–Crippen MR) is 117 cm³/mol. The van der Waals surface area contributed by atoms with E-state index in [-0.39, 0.29) is 16.4 Å². The van der Waals surface area contributed by atoms with Crippen molar-refractivity contribution in [3.63, 3.8) is 0 Å². The van der Waals surface area contributed by atoms with Gasteiger partial charge in [0.15, 0.2) is 0 Å². The number of carbonyl (C=O) groups excluding carboxylic acids is 1. The Morgan fingerprint density at radius 3 is 2.10 bits per heavy atom. The fourth-order valence-electron chi connectivity index (χ4n) is 3.29. The lowest BCUT2D eigenvalue weighted by atomic mass is 10.0. The van der Waals surface area contributed by atoms with Crippen molar-refractivity contribution in [2.45, 2.75) is 32.6 Å². The van der Waals surface area contributed by atoms with Gasteiger partial charge in [-0.3, -0.25) is 9.52 Å². The van der Waals surface area contributed by atoms with Crippen LogP contribution in [-0.4, -0.2) is 14.3 Å². The van der Waals surface area contributed by atoms with Gasteiger partial charge in [-0.15, -0.1) is 0 Å². The second-order valence-electron chi connectivity index (χ2n) is 7.23. The van der Waals surface area contributed by atoms with E-state index < -0.39 is 10.0 Å². The topological polar surface area (TPSA) is 75.3 Å². The van der Waals surface area contributed by atoms with Gasteiger partial charge >= 0.3 is 0 Å². The third-order valence-corrected chi connectivity index (χ3v) is 5.97. The van der Waals surface area contributed by atoms with E-state index in [0.717, 1.165) is 27.9 Å². The van der Waals surface area contributed by atoms with Crippen molar-refractivity contribution in [1.82, 2.24) is 0 Å². The summed E-state index contributed by atoms with van der Waals surface area (Å²) in [6.07, 6.45) is 0. The van der Waals surface area contributed by atoms with Crippen molar-refractivity contribution in [3.8, 4) is 0 Å². The van der Waals surface area contributed by atoms with Crippen LogP contribution in [-0.2, 0) is 10.0 Å². The molecule has 0 saturated heterocycles. The van der Waals surface area contributed by atoms with Crippen LogP contribution in [0.2, 0.25) is 0 Å². The molecule has 0 spiro atoms. The van der Waals surface area contributed by atoms with E-state index in [1.165, 1.54) is 12.1 Å². The van der Waals surface area contributed by atoms with Gasteiger partial charge in [0.25, 0.3) is 15.9 Å². The SMILES string of the molecule is Cc1cccc(NS(=O)(=O)c2cccc(C(=O)Nc3c(C)cc(C)cc3C)c2)c1. The van der Waals surface area contributed by atoms with E-state index in [1.54, 1.807) is 30.3 Å². The Morgan fingerprint density at radius 1 is 0.793 bits per heavy atom. The van der Waals surface area contributed by atoms with Crippen molar-refractivity contribution in [2.75, 3.05) is 10.0 Å². The van der Waals surface area contributed by atoms with Crippen molar-refractivity contribution in [3.05, 3.63) is 88.5 Å². The zero-order valence-corrected chi connectivity index (χ0v) is 17.7. The number of sulfonamides is 1. The van der Waals surface area contributed by atoms with E-state index in [4.69, 9.17) is 0 Å². The van der Waals surface area contributed by atoms with Gasteiger partial charge in [-0.1, -0.05) is 35.9 Å². The minimum Gasteiger partial charge on any atom is -0.322 e. The average Bonchev–Trinajstić information content (AvgIpc) is 2.64. The summed E-state index contributed by atoms with van der Waals surface area (Å²) >= 11 is 0. The standard InChI is InChI=1S/C23H24N2O3S/c1-15-7-5-9-20(13-15)25-29(27,28)21-10-6-8-19(14-21)23(26)24-22-17(3)11-16(2)12-18(22)4/h5-14,25H,1-4H3,(H,24,26). The Bertz CT molecular complexity index is 1160. The van der Waals surface area contributed by atoms with Crippen molar-refractivity contribution in [2.24, 2.45) is 0 Å². The quantitative estimate of drug-likeness (QED) is 0.626. The lowest BCUT2D eigenvalue weighted by Crippen LogP contribution is -2.17. The molecule has 6 heteroatoms. The molecule has 3 aromatic carbocycles. The van der Waals surface area contributed by atoms with Crippen molar-refractivity contribution in [1.29, 1.82) is 0 Å². The monoisotopic (exact) mass is 408 g/mol. The molecule has 150 valence electrons. The zero-order valence-electron chi connectivity index (χ0n) is 16.9. The zero-order chi connectivity index (χ0) is 21.2. The van der Waals surface area contributed by atoms with E-state index in [1.807, 2.05) is 45.9 Å². The number of hydrogen-bond donors (Lipinski definition) is 2. The number of benzene rings is 3. The van der Waals surface area contributed by atoms with Gasteiger partial charge in [0, 0.05) is 16.9 Å². The van der Waals surface area contributed by atoms with Gasteiger partial charge < -0.3 is 5.32 Å². The minimum absolute atomic E-state index is 0.0315. The number of hydrogen-bond acceptors (Lipinski definition) is 3. The molecule has 0 saturated carbocycles. The Morgan fingerprint density at radius 2 is 1.45 bits per heavy atom. The summed E-state index contributed by atoms with van der Waals surface area (Å²) in [4.78, 5) is 12.8.